The largest absolute Gasteiger partial charge is 0.508 e. The number of nitrogens with one attached hydrogen (secondary N) is 5. The van der Waals surface area contributed by atoms with Gasteiger partial charge in [-0.1, -0.05) is 44.2 Å². The lowest BCUT2D eigenvalue weighted by Gasteiger charge is -2.26. The van der Waals surface area contributed by atoms with Crippen molar-refractivity contribution in [3.63, 3.8) is 0 Å². The Morgan fingerprint density at radius 2 is 1.31 bits per heavy atom. The molecule has 17 nitrogen and oxygen atoms in total. The lowest BCUT2D eigenvalue weighted by atomic mass is 10.0. The highest BCUT2D eigenvalue weighted by Crippen LogP contribution is 2.19. The summed E-state index contributed by atoms with van der Waals surface area (Å²) in [6.45, 7) is 3.50. The second-order valence-corrected chi connectivity index (χ2v) is 12.9. The quantitative estimate of drug-likeness (QED) is 0.0692. The monoisotopic (exact) mass is 722 g/mol. The van der Waals surface area contributed by atoms with Gasteiger partial charge in [0.2, 0.25) is 35.4 Å². The number of H-pyrrole nitrogens is 1. The van der Waals surface area contributed by atoms with Gasteiger partial charge in [0.15, 0.2) is 0 Å². The van der Waals surface area contributed by atoms with Crippen LogP contribution in [0.3, 0.4) is 0 Å². The number of nitrogens with two attached hydrogens (primary N) is 3. The summed E-state index contributed by atoms with van der Waals surface area (Å²) in [5, 5.41) is 29.9. The Labute approximate surface area is 299 Å². The highest BCUT2D eigenvalue weighted by atomic mass is 16.4. The van der Waals surface area contributed by atoms with Crippen molar-refractivity contribution >= 4 is 52.3 Å². The summed E-state index contributed by atoms with van der Waals surface area (Å²) < 4.78 is 0. The van der Waals surface area contributed by atoms with E-state index in [1.807, 2.05) is 24.3 Å². The molecule has 0 aliphatic heterocycles. The van der Waals surface area contributed by atoms with Crippen LogP contribution in [0.5, 0.6) is 5.75 Å². The van der Waals surface area contributed by atoms with Crippen LogP contribution < -0.4 is 38.5 Å². The molecule has 1 aromatic heterocycles. The first-order valence-corrected chi connectivity index (χ1v) is 16.6. The number of para-hydroxylation sites is 1. The van der Waals surface area contributed by atoms with E-state index in [0.717, 1.165) is 16.5 Å². The number of phenolic OH excluding ortho intramolecular Hbond substituents is 1. The second-order valence-electron chi connectivity index (χ2n) is 12.9. The van der Waals surface area contributed by atoms with Gasteiger partial charge in [0, 0.05) is 29.9 Å². The fraction of sp³-hybridized carbons (Fsp3) is 0.400. The first kappa shape index (κ1) is 40.5. The third-order valence-electron chi connectivity index (χ3n) is 8.13. The van der Waals surface area contributed by atoms with E-state index >= 15 is 0 Å². The zero-order valence-corrected chi connectivity index (χ0v) is 28.9. The van der Waals surface area contributed by atoms with E-state index in [0.29, 0.717) is 5.56 Å². The minimum Gasteiger partial charge on any atom is -0.508 e. The number of carbonyl (C=O) groups excluding carboxylic acids is 6. The molecule has 280 valence electrons. The fourth-order valence-electron chi connectivity index (χ4n) is 5.46. The maximum atomic E-state index is 13.8. The number of rotatable bonds is 20. The minimum absolute atomic E-state index is 0.0402. The average molecular weight is 723 g/mol. The van der Waals surface area contributed by atoms with E-state index in [9.17, 15) is 43.8 Å². The van der Waals surface area contributed by atoms with Gasteiger partial charge in [-0.2, -0.15) is 0 Å². The van der Waals surface area contributed by atoms with Crippen LogP contribution in [0.25, 0.3) is 10.9 Å². The Balaban J connectivity index is 1.83. The van der Waals surface area contributed by atoms with Crippen molar-refractivity contribution in [1.29, 1.82) is 0 Å². The third kappa shape index (κ3) is 12.4. The molecular weight excluding hydrogens is 676 g/mol. The lowest BCUT2D eigenvalue weighted by molar-refractivity contribution is -0.143. The van der Waals surface area contributed by atoms with E-state index in [2.05, 4.69) is 26.3 Å². The van der Waals surface area contributed by atoms with Gasteiger partial charge in [0.1, 0.15) is 29.9 Å². The number of primary amides is 2. The van der Waals surface area contributed by atoms with Gasteiger partial charge < -0.3 is 53.7 Å². The van der Waals surface area contributed by atoms with Crippen LogP contribution in [0.15, 0.2) is 54.7 Å². The number of hydrogen-bond acceptors (Lipinski definition) is 9. The molecular formula is C35H46N8O9. The molecule has 13 N–H and O–H groups in total. The van der Waals surface area contributed by atoms with Crippen LogP contribution in [0.1, 0.15) is 50.7 Å². The predicted molar refractivity (Wildman–Crippen MR) is 189 cm³/mol. The number of benzene rings is 2. The highest BCUT2D eigenvalue weighted by molar-refractivity contribution is 5.97. The summed E-state index contributed by atoms with van der Waals surface area (Å²) >= 11 is 0. The Morgan fingerprint density at radius 3 is 1.92 bits per heavy atom. The van der Waals surface area contributed by atoms with Crippen LogP contribution in [0.2, 0.25) is 0 Å². The van der Waals surface area contributed by atoms with Crippen molar-refractivity contribution in [2.75, 3.05) is 0 Å². The lowest BCUT2D eigenvalue weighted by Crippen LogP contribution is -2.59. The molecule has 2 aromatic carbocycles. The summed E-state index contributed by atoms with van der Waals surface area (Å²) in [7, 11) is 0. The number of aliphatic carboxylic acids is 1. The summed E-state index contributed by atoms with van der Waals surface area (Å²) in [5.74, 6) is -6.88. The number of amides is 6. The van der Waals surface area contributed by atoms with Crippen molar-refractivity contribution in [3.05, 3.63) is 65.9 Å². The molecule has 0 radical (unpaired) electrons. The topological polar surface area (TPSA) is 302 Å². The van der Waals surface area contributed by atoms with E-state index < -0.39 is 78.0 Å². The number of aromatic hydroxyl groups is 1. The van der Waals surface area contributed by atoms with Crippen LogP contribution >= 0.6 is 0 Å². The van der Waals surface area contributed by atoms with Gasteiger partial charge in [-0.05, 0) is 54.5 Å². The summed E-state index contributed by atoms with van der Waals surface area (Å²) in [6, 6.07) is 6.31. The Bertz CT molecular complexity index is 1760. The van der Waals surface area contributed by atoms with Crippen LogP contribution in [-0.2, 0) is 46.4 Å². The first-order valence-electron chi connectivity index (χ1n) is 16.6. The van der Waals surface area contributed by atoms with Crippen LogP contribution in [0.4, 0.5) is 0 Å². The normalized spacial score (nSPS) is 14.0. The molecule has 0 spiro atoms. The molecule has 0 saturated heterocycles. The Hall–Kier alpha value is -5.97. The molecule has 17 heteroatoms. The number of carboxylic acid groups (broad SMARTS) is 1. The maximum Gasteiger partial charge on any atom is 0.326 e. The average Bonchev–Trinajstić information content (AvgIpc) is 3.48. The van der Waals surface area contributed by atoms with Crippen molar-refractivity contribution < 1.29 is 43.8 Å². The number of hydrogen-bond donors (Lipinski definition) is 10. The van der Waals surface area contributed by atoms with Crippen molar-refractivity contribution in [1.82, 2.24) is 26.3 Å². The van der Waals surface area contributed by atoms with Crippen LogP contribution in [-0.4, -0.2) is 86.8 Å². The molecule has 5 unspecified atom stereocenters. The molecule has 5 atom stereocenters. The molecule has 0 fully saturated rings. The zero-order chi connectivity index (χ0) is 38.5. The van der Waals surface area contributed by atoms with Crippen molar-refractivity contribution in [2.24, 2.45) is 23.1 Å². The molecule has 0 aliphatic rings. The van der Waals surface area contributed by atoms with Gasteiger partial charge in [0.25, 0.3) is 0 Å². The highest BCUT2D eigenvalue weighted by Gasteiger charge is 2.33. The molecule has 3 rings (SSSR count). The molecule has 52 heavy (non-hydrogen) atoms. The number of fused-ring (bicyclic) bond motifs is 1. The van der Waals surface area contributed by atoms with Gasteiger partial charge in [-0.25, -0.2) is 4.79 Å². The summed E-state index contributed by atoms with van der Waals surface area (Å²) in [5.41, 5.74) is 19.0. The van der Waals surface area contributed by atoms with Gasteiger partial charge in [0.05, 0.1) is 12.5 Å². The minimum atomic E-state index is -1.67. The molecule has 3 aromatic rings. The molecule has 0 aliphatic carbocycles. The number of carbonyl (C=O) groups is 7. The second kappa shape index (κ2) is 18.9. The van der Waals surface area contributed by atoms with E-state index in [-0.39, 0.29) is 43.8 Å². The predicted octanol–water partition coefficient (Wildman–Crippen LogP) is -0.803. The Kier molecular flexibility index (Phi) is 14.7. The van der Waals surface area contributed by atoms with Gasteiger partial charge >= 0.3 is 5.97 Å². The first-order chi connectivity index (χ1) is 24.5. The standard InChI is InChI=1S/C35H46N8O9/c1-18(2)13-28(35(51)52)43-32(48)25(11-12-29(37)45)40-34(50)27(16-30(38)46)42-33(49)26(14-19-7-9-21(44)10-8-19)41-31(47)23(36)15-20-17-39-24-6-4-3-5-22(20)24/h3-10,17-18,23,25-28,39,44H,11-16,36H2,1-2H3,(H2,37,45)(H2,38,46)(H,40,50)(H,41,47)(H,42,49)(H,43,48)(H,51,52). The molecule has 6 amide bonds. The zero-order valence-electron chi connectivity index (χ0n) is 28.9. The summed E-state index contributed by atoms with van der Waals surface area (Å²) in [6.07, 6.45) is 0.362. The van der Waals surface area contributed by atoms with E-state index in [4.69, 9.17) is 17.2 Å². The number of carboxylic acids is 1. The molecule has 0 saturated carbocycles. The molecule has 1 heterocycles. The fourth-order valence-corrected chi connectivity index (χ4v) is 5.46. The summed E-state index contributed by atoms with van der Waals surface area (Å²) in [4.78, 5) is 92.3. The molecule has 0 bridgehead atoms. The number of aromatic amines is 1. The van der Waals surface area contributed by atoms with Crippen LogP contribution in [0, 0.1) is 5.92 Å². The Morgan fingerprint density at radius 1 is 0.731 bits per heavy atom. The van der Waals surface area contributed by atoms with Crippen molar-refractivity contribution in [2.45, 2.75) is 82.6 Å². The van der Waals surface area contributed by atoms with E-state index in [1.54, 1.807) is 20.0 Å². The van der Waals surface area contributed by atoms with E-state index in [1.165, 1.54) is 24.3 Å². The number of aromatic nitrogens is 1. The number of phenols is 1. The smallest absolute Gasteiger partial charge is 0.326 e. The van der Waals surface area contributed by atoms with Gasteiger partial charge in [-0.3, -0.25) is 28.8 Å². The van der Waals surface area contributed by atoms with Gasteiger partial charge in [-0.15, -0.1) is 0 Å². The van der Waals surface area contributed by atoms with Crippen molar-refractivity contribution in [3.8, 4) is 5.75 Å². The SMILES string of the molecule is CC(C)CC(NC(=O)C(CCC(N)=O)NC(=O)C(CC(N)=O)NC(=O)C(Cc1ccc(O)cc1)NC(=O)C(N)Cc1c[nH]c2ccccc12)C(=O)O. The third-order valence-corrected chi connectivity index (χ3v) is 8.13. The maximum absolute atomic E-state index is 13.8.